The number of nitrogens with two attached hydrogens (primary N) is 1. The number of carbonyl (C=O) groups excluding carboxylic acids is 1. The molecule has 33 heavy (non-hydrogen) atoms. The smallest absolute Gasteiger partial charge is 0.269 e. The van der Waals surface area contributed by atoms with Crippen molar-refractivity contribution in [2.24, 2.45) is 0 Å². The highest BCUT2D eigenvalue weighted by atomic mass is 32.1. The van der Waals surface area contributed by atoms with Gasteiger partial charge < -0.3 is 20.9 Å². The Morgan fingerprint density at radius 3 is 2.36 bits per heavy atom. The van der Waals surface area contributed by atoms with Crippen LogP contribution in [0.25, 0.3) is 0 Å². The molecule has 0 unspecified atom stereocenters. The molecule has 10 heteroatoms. The van der Waals surface area contributed by atoms with Crippen molar-refractivity contribution in [1.82, 2.24) is 9.88 Å². The summed E-state index contributed by atoms with van der Waals surface area (Å²) in [4.78, 5) is 32.4. The minimum absolute atomic E-state index is 0.0725. The largest absolute Gasteiger partial charge is 0.382 e. The maximum absolute atomic E-state index is 12.8. The Morgan fingerprint density at radius 1 is 1.15 bits per heavy atom. The number of rotatable bonds is 7. The normalized spacial score (nSPS) is 14.5. The molecule has 0 aliphatic carbocycles. The fourth-order valence-electron chi connectivity index (χ4n) is 3.93. The van der Waals surface area contributed by atoms with Crippen molar-refractivity contribution in [3.8, 4) is 0 Å². The Balaban J connectivity index is 1.41. The summed E-state index contributed by atoms with van der Waals surface area (Å²) in [5, 5.41) is 14.5. The quantitative estimate of drug-likeness (QED) is 0.303. The molecule has 2 heterocycles. The van der Waals surface area contributed by atoms with Crippen molar-refractivity contribution in [3.63, 3.8) is 0 Å². The first-order chi connectivity index (χ1) is 15.8. The van der Waals surface area contributed by atoms with Gasteiger partial charge in [0.1, 0.15) is 10.7 Å². The van der Waals surface area contributed by atoms with Gasteiger partial charge in [-0.25, -0.2) is 4.98 Å². The van der Waals surface area contributed by atoms with E-state index in [0.29, 0.717) is 21.6 Å². The van der Waals surface area contributed by atoms with Gasteiger partial charge in [-0.2, -0.15) is 0 Å². The summed E-state index contributed by atoms with van der Waals surface area (Å²) in [6, 6.07) is 14.2. The van der Waals surface area contributed by atoms with E-state index in [2.05, 4.69) is 46.3 Å². The van der Waals surface area contributed by atoms with E-state index in [1.165, 1.54) is 30.0 Å². The molecule has 1 saturated heterocycles. The maximum Gasteiger partial charge on any atom is 0.269 e. The zero-order chi connectivity index (χ0) is 23.5. The third-order valence-corrected chi connectivity index (χ3v) is 6.86. The van der Waals surface area contributed by atoms with Crippen LogP contribution >= 0.6 is 11.3 Å². The first kappa shape index (κ1) is 22.7. The standard InChI is InChI=1S/C23H26N6O3S/c1-27(2)17-11-13-28(14-12-17)18-9-5-16(6-10-18)25-23-26-22(24)21(33-23)20(30)15-3-7-19(8-4-15)29(31)32/h3-10,17H,11-14,24H2,1-2H3,(H,25,26). The highest BCUT2D eigenvalue weighted by Gasteiger charge is 2.21. The Kier molecular flexibility index (Phi) is 6.57. The minimum Gasteiger partial charge on any atom is -0.382 e. The average Bonchev–Trinajstić information content (AvgIpc) is 3.19. The van der Waals surface area contributed by atoms with Crippen LogP contribution in [-0.2, 0) is 0 Å². The maximum atomic E-state index is 12.8. The van der Waals surface area contributed by atoms with E-state index >= 15 is 0 Å². The predicted molar refractivity (Wildman–Crippen MR) is 132 cm³/mol. The van der Waals surface area contributed by atoms with Crippen molar-refractivity contribution < 1.29 is 9.72 Å². The predicted octanol–water partition coefficient (Wildman–Crippen LogP) is 4.14. The number of nitrogens with one attached hydrogen (secondary N) is 1. The van der Waals surface area contributed by atoms with Crippen LogP contribution in [0, 0.1) is 10.1 Å². The molecule has 3 aromatic rings. The molecule has 9 nitrogen and oxygen atoms in total. The van der Waals surface area contributed by atoms with E-state index in [9.17, 15) is 14.9 Å². The van der Waals surface area contributed by atoms with Gasteiger partial charge in [0.15, 0.2) is 5.13 Å². The van der Waals surface area contributed by atoms with Gasteiger partial charge in [0.2, 0.25) is 5.78 Å². The van der Waals surface area contributed by atoms with Crippen molar-refractivity contribution in [3.05, 3.63) is 69.1 Å². The lowest BCUT2D eigenvalue weighted by atomic mass is 10.0. The average molecular weight is 467 g/mol. The van der Waals surface area contributed by atoms with E-state index in [1.807, 2.05) is 12.1 Å². The van der Waals surface area contributed by atoms with Crippen LogP contribution in [0.4, 0.5) is 28.0 Å². The number of nitrogen functional groups attached to an aromatic ring is 1. The number of piperidine rings is 1. The molecular weight excluding hydrogens is 440 g/mol. The Bertz CT molecular complexity index is 1140. The van der Waals surface area contributed by atoms with Gasteiger partial charge in [-0.05, 0) is 63.3 Å². The van der Waals surface area contributed by atoms with E-state index in [0.717, 1.165) is 43.0 Å². The first-order valence-corrected chi connectivity index (χ1v) is 11.5. The van der Waals surface area contributed by atoms with Crippen LogP contribution in [0.15, 0.2) is 48.5 Å². The van der Waals surface area contributed by atoms with Crippen LogP contribution in [0.5, 0.6) is 0 Å². The Labute approximate surface area is 196 Å². The van der Waals surface area contributed by atoms with Crippen molar-refractivity contribution in [1.29, 1.82) is 0 Å². The highest BCUT2D eigenvalue weighted by Crippen LogP contribution is 2.31. The van der Waals surface area contributed by atoms with Crippen LogP contribution in [0.2, 0.25) is 0 Å². The number of benzene rings is 2. The third-order valence-electron chi connectivity index (χ3n) is 5.88. The van der Waals surface area contributed by atoms with Gasteiger partial charge in [-0.3, -0.25) is 14.9 Å². The van der Waals surface area contributed by atoms with Gasteiger partial charge in [0.25, 0.3) is 5.69 Å². The Hall–Kier alpha value is -3.50. The van der Waals surface area contributed by atoms with Crippen molar-refractivity contribution >= 4 is 45.1 Å². The molecule has 0 saturated carbocycles. The molecular formula is C23H26N6O3S. The van der Waals surface area contributed by atoms with Crippen LogP contribution in [0.1, 0.15) is 28.1 Å². The lowest BCUT2D eigenvalue weighted by molar-refractivity contribution is -0.384. The molecule has 1 aliphatic heterocycles. The summed E-state index contributed by atoms with van der Waals surface area (Å²) in [5.41, 5.74) is 8.27. The summed E-state index contributed by atoms with van der Waals surface area (Å²) in [5.74, 6) is -0.185. The number of hydrogen-bond donors (Lipinski definition) is 2. The van der Waals surface area contributed by atoms with Crippen molar-refractivity contribution in [2.45, 2.75) is 18.9 Å². The van der Waals surface area contributed by atoms with E-state index in [-0.39, 0.29) is 17.3 Å². The molecule has 1 fully saturated rings. The number of nitrogens with zero attached hydrogens (tertiary/aromatic N) is 4. The topological polar surface area (TPSA) is 118 Å². The molecule has 1 aromatic heterocycles. The number of thiazole rings is 1. The second-order valence-corrected chi connectivity index (χ2v) is 9.22. The molecule has 0 amide bonds. The fraction of sp³-hybridized carbons (Fsp3) is 0.304. The molecule has 0 atom stereocenters. The van der Waals surface area contributed by atoms with Crippen LogP contribution < -0.4 is 16.0 Å². The summed E-state index contributed by atoms with van der Waals surface area (Å²) in [6.45, 7) is 2.07. The highest BCUT2D eigenvalue weighted by molar-refractivity contribution is 7.18. The molecule has 2 aromatic carbocycles. The number of nitro benzene ring substituents is 1. The van der Waals surface area contributed by atoms with Gasteiger partial charge in [-0.15, -0.1) is 0 Å². The van der Waals surface area contributed by atoms with Crippen LogP contribution in [0.3, 0.4) is 0 Å². The molecule has 4 rings (SSSR count). The van der Waals surface area contributed by atoms with Gasteiger partial charge in [0.05, 0.1) is 4.92 Å². The number of aromatic nitrogens is 1. The summed E-state index contributed by atoms with van der Waals surface area (Å²) in [7, 11) is 4.27. The van der Waals surface area contributed by atoms with Gasteiger partial charge in [0, 0.05) is 48.2 Å². The van der Waals surface area contributed by atoms with E-state index in [1.54, 1.807) is 0 Å². The van der Waals surface area contributed by atoms with Crippen LogP contribution in [-0.4, -0.2) is 53.8 Å². The summed E-state index contributed by atoms with van der Waals surface area (Å²) < 4.78 is 0. The van der Waals surface area contributed by atoms with Crippen molar-refractivity contribution in [2.75, 3.05) is 43.1 Å². The summed E-state index contributed by atoms with van der Waals surface area (Å²) >= 11 is 1.16. The molecule has 172 valence electrons. The van der Waals surface area contributed by atoms with E-state index in [4.69, 9.17) is 5.73 Å². The number of non-ortho nitro benzene ring substituents is 1. The zero-order valence-corrected chi connectivity index (χ0v) is 19.3. The summed E-state index contributed by atoms with van der Waals surface area (Å²) in [6.07, 6.45) is 2.30. The molecule has 3 N–H and O–H groups in total. The molecule has 1 aliphatic rings. The SMILES string of the molecule is CN(C)C1CCN(c2ccc(Nc3nc(N)c(C(=O)c4ccc([N+](=O)[O-])cc4)s3)cc2)CC1. The lowest BCUT2D eigenvalue weighted by Gasteiger charge is -2.36. The monoisotopic (exact) mass is 466 g/mol. The first-order valence-electron chi connectivity index (χ1n) is 10.7. The number of nitro groups is 1. The molecule has 0 bridgehead atoms. The molecule has 0 spiro atoms. The lowest BCUT2D eigenvalue weighted by Crippen LogP contribution is -2.41. The number of anilines is 4. The van der Waals surface area contributed by atoms with E-state index < -0.39 is 4.92 Å². The van der Waals surface area contributed by atoms with Gasteiger partial charge >= 0.3 is 0 Å². The Morgan fingerprint density at radius 2 is 1.79 bits per heavy atom. The fourth-order valence-corrected chi connectivity index (χ4v) is 4.80. The number of hydrogen-bond acceptors (Lipinski definition) is 9. The zero-order valence-electron chi connectivity index (χ0n) is 18.5. The minimum atomic E-state index is -0.506. The number of ketones is 1. The second-order valence-electron chi connectivity index (χ2n) is 8.22. The van der Waals surface area contributed by atoms with Gasteiger partial charge in [-0.1, -0.05) is 11.3 Å². The second kappa shape index (κ2) is 9.55. The molecule has 0 radical (unpaired) electrons. The number of carbonyl (C=O) groups is 1. The third kappa shape index (κ3) is 5.12.